The maximum atomic E-state index is 12.6. The number of nitrogens with one attached hydrogen (secondary N) is 2. The van der Waals surface area contributed by atoms with Crippen LogP contribution in [0.25, 0.3) is 11.1 Å². The van der Waals surface area contributed by atoms with Crippen molar-refractivity contribution in [1.29, 1.82) is 0 Å². The van der Waals surface area contributed by atoms with Gasteiger partial charge in [0, 0.05) is 10.6 Å². The van der Waals surface area contributed by atoms with Gasteiger partial charge in [-0.3, -0.25) is 9.59 Å². The van der Waals surface area contributed by atoms with Gasteiger partial charge in [0.05, 0.1) is 25.4 Å². The van der Waals surface area contributed by atoms with Gasteiger partial charge >= 0.3 is 0 Å². The van der Waals surface area contributed by atoms with Crippen LogP contribution in [0, 0.1) is 6.92 Å². The summed E-state index contributed by atoms with van der Waals surface area (Å²) in [5, 5.41) is 10.6. The highest BCUT2D eigenvalue weighted by atomic mass is 35.5. The van der Waals surface area contributed by atoms with Crippen molar-refractivity contribution in [2.24, 2.45) is 0 Å². The monoisotopic (exact) mass is 410 g/mol. The van der Waals surface area contributed by atoms with Crippen LogP contribution in [0.4, 0.5) is 11.5 Å². The van der Waals surface area contributed by atoms with Gasteiger partial charge < -0.3 is 15.4 Å². The smallest absolute Gasteiger partial charge is 0.251 e. The summed E-state index contributed by atoms with van der Waals surface area (Å²) in [6, 6.07) is 12.1. The van der Waals surface area contributed by atoms with Crippen LogP contribution in [-0.4, -0.2) is 28.7 Å². The summed E-state index contributed by atoms with van der Waals surface area (Å²) in [6.45, 7) is 1.92. The maximum absolute atomic E-state index is 12.6. The van der Waals surface area contributed by atoms with E-state index in [0.717, 1.165) is 16.7 Å². The van der Waals surface area contributed by atoms with E-state index < -0.39 is 6.04 Å². The van der Waals surface area contributed by atoms with E-state index in [9.17, 15) is 9.59 Å². The van der Waals surface area contributed by atoms with Crippen LogP contribution in [0.15, 0.2) is 48.7 Å². The van der Waals surface area contributed by atoms with Crippen LogP contribution in [0.1, 0.15) is 18.0 Å². The zero-order chi connectivity index (χ0) is 20.5. The van der Waals surface area contributed by atoms with Crippen LogP contribution >= 0.6 is 11.6 Å². The minimum absolute atomic E-state index is 0.0490. The Balaban J connectivity index is 1.55. The van der Waals surface area contributed by atoms with Crippen LogP contribution < -0.4 is 15.4 Å². The summed E-state index contributed by atoms with van der Waals surface area (Å²) in [5.41, 5.74) is 3.15. The third-order valence-electron chi connectivity index (χ3n) is 4.78. The Kier molecular flexibility index (Phi) is 4.98. The molecular weight excluding hydrogens is 392 g/mol. The van der Waals surface area contributed by atoms with Gasteiger partial charge in [-0.2, -0.15) is 5.10 Å². The summed E-state index contributed by atoms with van der Waals surface area (Å²) >= 11 is 6.07. The second kappa shape index (κ2) is 7.60. The van der Waals surface area contributed by atoms with Crippen molar-refractivity contribution in [2.75, 3.05) is 17.7 Å². The molecule has 1 atom stereocenters. The van der Waals surface area contributed by atoms with E-state index in [1.807, 2.05) is 31.2 Å². The molecule has 0 bridgehead atoms. The SMILES string of the molecule is COc1ccc(C)cc1NC(=O)CC1C(=O)Nc2c(-c3cccc(Cl)c3)cnn21. The molecule has 7 nitrogen and oxygen atoms in total. The number of ether oxygens (including phenoxy) is 1. The number of amides is 2. The third-order valence-corrected chi connectivity index (χ3v) is 5.01. The Morgan fingerprint density at radius 1 is 1.31 bits per heavy atom. The van der Waals surface area contributed by atoms with Crippen molar-refractivity contribution in [3.05, 3.63) is 59.2 Å². The predicted octanol–water partition coefficient (Wildman–Crippen LogP) is 4.04. The number of fused-ring (bicyclic) bond motifs is 1. The quantitative estimate of drug-likeness (QED) is 0.664. The molecule has 0 saturated carbocycles. The molecule has 3 aromatic rings. The number of aromatic nitrogens is 2. The molecule has 1 aliphatic rings. The predicted molar refractivity (Wildman–Crippen MR) is 111 cm³/mol. The van der Waals surface area contributed by atoms with Crippen molar-refractivity contribution in [3.63, 3.8) is 0 Å². The van der Waals surface area contributed by atoms with Gasteiger partial charge in [-0.25, -0.2) is 4.68 Å². The summed E-state index contributed by atoms with van der Waals surface area (Å²) in [5.74, 6) is 0.537. The molecule has 148 valence electrons. The number of carbonyl (C=O) groups is 2. The van der Waals surface area contributed by atoms with Crippen molar-refractivity contribution in [1.82, 2.24) is 9.78 Å². The molecule has 0 aliphatic carbocycles. The molecule has 0 fully saturated rings. The first-order chi connectivity index (χ1) is 14.0. The minimum atomic E-state index is -0.728. The van der Waals surface area contributed by atoms with Crippen LogP contribution in [0.5, 0.6) is 5.75 Å². The molecule has 2 heterocycles. The van der Waals surface area contributed by atoms with Crippen molar-refractivity contribution in [3.8, 4) is 16.9 Å². The number of halogens is 1. The normalized spacial score (nSPS) is 15.0. The lowest BCUT2D eigenvalue weighted by atomic mass is 10.1. The fourth-order valence-electron chi connectivity index (χ4n) is 3.38. The Morgan fingerprint density at radius 2 is 2.14 bits per heavy atom. The van der Waals surface area contributed by atoms with Gasteiger partial charge in [0.1, 0.15) is 17.6 Å². The number of nitrogens with zero attached hydrogens (tertiary/aromatic N) is 2. The van der Waals surface area contributed by atoms with Crippen molar-refractivity contribution < 1.29 is 14.3 Å². The van der Waals surface area contributed by atoms with Crippen molar-refractivity contribution >= 4 is 34.9 Å². The molecule has 8 heteroatoms. The van der Waals surface area contributed by atoms with E-state index in [1.165, 1.54) is 7.11 Å². The minimum Gasteiger partial charge on any atom is -0.495 e. The van der Waals surface area contributed by atoms with E-state index in [1.54, 1.807) is 29.1 Å². The largest absolute Gasteiger partial charge is 0.495 e. The Bertz CT molecular complexity index is 1110. The molecule has 0 spiro atoms. The number of methoxy groups -OCH3 is 1. The standard InChI is InChI=1S/C21H19ClN4O3/c1-12-6-7-18(29-2)16(8-12)24-19(27)10-17-21(28)25-20-15(11-23-26(17)20)13-4-3-5-14(22)9-13/h3-9,11,17H,10H2,1-2H3,(H,24,27)(H,25,28). The first kappa shape index (κ1) is 19.0. The van der Waals surface area contributed by atoms with E-state index in [0.29, 0.717) is 22.3 Å². The topological polar surface area (TPSA) is 85.2 Å². The fourth-order valence-corrected chi connectivity index (χ4v) is 3.57. The molecule has 0 saturated heterocycles. The summed E-state index contributed by atoms with van der Waals surface area (Å²) < 4.78 is 6.84. The lowest BCUT2D eigenvalue weighted by molar-refractivity contribution is -0.123. The lowest BCUT2D eigenvalue weighted by Crippen LogP contribution is -2.23. The number of benzene rings is 2. The van der Waals surface area contributed by atoms with E-state index in [4.69, 9.17) is 16.3 Å². The number of carbonyl (C=O) groups excluding carboxylic acids is 2. The molecule has 2 N–H and O–H groups in total. The zero-order valence-corrected chi connectivity index (χ0v) is 16.7. The van der Waals surface area contributed by atoms with E-state index in [2.05, 4.69) is 15.7 Å². The maximum Gasteiger partial charge on any atom is 0.251 e. The zero-order valence-electron chi connectivity index (χ0n) is 15.9. The molecule has 1 unspecified atom stereocenters. The van der Waals surface area contributed by atoms with Gasteiger partial charge in [-0.05, 0) is 42.3 Å². The van der Waals surface area contributed by atoms with Gasteiger partial charge in [0.2, 0.25) is 5.91 Å². The first-order valence-electron chi connectivity index (χ1n) is 9.05. The lowest BCUT2D eigenvalue weighted by Gasteiger charge is -2.13. The summed E-state index contributed by atoms with van der Waals surface area (Å²) in [6.07, 6.45) is 1.61. The van der Waals surface area contributed by atoms with Crippen LogP contribution in [-0.2, 0) is 9.59 Å². The summed E-state index contributed by atoms with van der Waals surface area (Å²) in [7, 11) is 1.54. The molecule has 2 aromatic carbocycles. The molecule has 2 amide bonds. The molecule has 1 aromatic heterocycles. The fraction of sp³-hybridized carbons (Fsp3) is 0.190. The van der Waals surface area contributed by atoms with E-state index >= 15 is 0 Å². The number of anilines is 2. The molecule has 4 rings (SSSR count). The highest BCUT2D eigenvalue weighted by Crippen LogP contribution is 2.36. The number of rotatable bonds is 5. The Labute approximate surface area is 172 Å². The van der Waals surface area contributed by atoms with Gasteiger partial charge in [0.25, 0.3) is 5.91 Å². The third kappa shape index (κ3) is 3.69. The average molecular weight is 411 g/mol. The highest BCUT2D eigenvalue weighted by molar-refractivity contribution is 6.30. The summed E-state index contributed by atoms with van der Waals surface area (Å²) in [4.78, 5) is 25.1. The molecule has 1 aliphatic heterocycles. The molecule has 0 radical (unpaired) electrons. The number of hydrogen-bond acceptors (Lipinski definition) is 4. The number of aryl methyl sites for hydroxylation is 1. The van der Waals surface area contributed by atoms with Crippen LogP contribution in [0.3, 0.4) is 0 Å². The number of hydrogen-bond donors (Lipinski definition) is 2. The van der Waals surface area contributed by atoms with Crippen molar-refractivity contribution in [2.45, 2.75) is 19.4 Å². The second-order valence-electron chi connectivity index (χ2n) is 6.82. The molecule has 29 heavy (non-hydrogen) atoms. The van der Waals surface area contributed by atoms with Gasteiger partial charge in [-0.1, -0.05) is 29.8 Å². The van der Waals surface area contributed by atoms with Crippen LogP contribution in [0.2, 0.25) is 5.02 Å². The highest BCUT2D eigenvalue weighted by Gasteiger charge is 2.35. The second-order valence-corrected chi connectivity index (χ2v) is 7.26. The first-order valence-corrected chi connectivity index (χ1v) is 9.43. The Morgan fingerprint density at radius 3 is 2.90 bits per heavy atom. The van der Waals surface area contributed by atoms with Gasteiger partial charge in [-0.15, -0.1) is 0 Å². The van der Waals surface area contributed by atoms with E-state index in [-0.39, 0.29) is 18.2 Å². The molecular formula is C21H19ClN4O3. The van der Waals surface area contributed by atoms with Gasteiger partial charge in [0.15, 0.2) is 0 Å². The average Bonchev–Trinajstić information content (AvgIpc) is 3.21. The Hall–Kier alpha value is -3.32.